The molecule has 0 aromatic rings. The van der Waals surface area contributed by atoms with E-state index in [0.29, 0.717) is 5.54 Å². The molecular formula is C13H30N2. The Morgan fingerprint density at radius 2 is 1.67 bits per heavy atom. The Balaban J connectivity index is 3.43. The maximum absolute atomic E-state index is 3.19. The molecule has 0 amide bonds. The second-order valence-corrected chi connectivity index (χ2v) is 5.11. The van der Waals surface area contributed by atoms with E-state index in [2.05, 4.69) is 38.0 Å². The topological polar surface area (TPSA) is 15.3 Å². The van der Waals surface area contributed by atoms with Gasteiger partial charge < -0.3 is 10.2 Å². The molecule has 0 spiro atoms. The lowest BCUT2D eigenvalue weighted by Gasteiger charge is -2.34. The van der Waals surface area contributed by atoms with Crippen LogP contribution in [0, 0.1) is 0 Å². The van der Waals surface area contributed by atoms with Crippen LogP contribution in [0.25, 0.3) is 0 Å². The fraction of sp³-hybridized carbons (Fsp3) is 1.00. The molecule has 0 bridgehead atoms. The molecule has 1 N–H and O–H groups in total. The summed E-state index contributed by atoms with van der Waals surface area (Å²) in [6.45, 7) is 9.32. The Morgan fingerprint density at radius 3 is 2.20 bits per heavy atom. The van der Waals surface area contributed by atoms with Gasteiger partial charge in [0.15, 0.2) is 0 Å². The van der Waals surface area contributed by atoms with Crippen molar-refractivity contribution in [1.29, 1.82) is 0 Å². The van der Waals surface area contributed by atoms with Crippen molar-refractivity contribution >= 4 is 0 Å². The number of nitrogens with one attached hydrogen (secondary N) is 1. The van der Waals surface area contributed by atoms with Crippen LogP contribution in [-0.4, -0.2) is 37.6 Å². The van der Waals surface area contributed by atoms with Gasteiger partial charge in [0.1, 0.15) is 0 Å². The van der Waals surface area contributed by atoms with Crippen molar-refractivity contribution in [2.75, 3.05) is 27.2 Å². The Bertz CT molecular complexity index is 143. The Morgan fingerprint density at radius 1 is 1.07 bits per heavy atom. The fourth-order valence-corrected chi connectivity index (χ4v) is 1.58. The SMILES string of the molecule is CCC(C)(C)N(C)CCCCCCNC. The van der Waals surface area contributed by atoms with Crippen molar-refractivity contribution in [2.45, 2.75) is 58.4 Å². The molecule has 0 heterocycles. The molecule has 0 aromatic carbocycles. The lowest BCUT2D eigenvalue weighted by atomic mass is 9.99. The fourth-order valence-electron chi connectivity index (χ4n) is 1.58. The molecular weight excluding hydrogens is 184 g/mol. The highest BCUT2D eigenvalue weighted by Gasteiger charge is 2.19. The monoisotopic (exact) mass is 214 g/mol. The predicted molar refractivity (Wildman–Crippen MR) is 69.4 cm³/mol. The van der Waals surface area contributed by atoms with Crippen molar-refractivity contribution in [1.82, 2.24) is 10.2 Å². The molecule has 0 atom stereocenters. The van der Waals surface area contributed by atoms with Crippen LogP contribution in [0.4, 0.5) is 0 Å². The van der Waals surface area contributed by atoms with Crippen LogP contribution < -0.4 is 5.32 Å². The second-order valence-electron chi connectivity index (χ2n) is 5.11. The number of nitrogens with zero attached hydrogens (tertiary/aromatic N) is 1. The van der Waals surface area contributed by atoms with E-state index in [4.69, 9.17) is 0 Å². The van der Waals surface area contributed by atoms with Gasteiger partial charge in [-0.15, -0.1) is 0 Å². The number of hydrogen-bond donors (Lipinski definition) is 1. The highest BCUT2D eigenvalue weighted by molar-refractivity contribution is 4.76. The highest BCUT2D eigenvalue weighted by atomic mass is 15.2. The molecule has 0 aromatic heterocycles. The van der Waals surface area contributed by atoms with Gasteiger partial charge in [0.05, 0.1) is 0 Å². The summed E-state index contributed by atoms with van der Waals surface area (Å²) in [5, 5.41) is 3.19. The first-order valence-electron chi connectivity index (χ1n) is 6.40. The van der Waals surface area contributed by atoms with Crippen LogP contribution >= 0.6 is 0 Å². The average molecular weight is 214 g/mol. The van der Waals surface area contributed by atoms with Gasteiger partial charge in [0, 0.05) is 5.54 Å². The zero-order valence-corrected chi connectivity index (χ0v) is 11.4. The van der Waals surface area contributed by atoms with Crippen molar-refractivity contribution < 1.29 is 0 Å². The van der Waals surface area contributed by atoms with Gasteiger partial charge in [0.2, 0.25) is 0 Å². The molecule has 2 nitrogen and oxygen atoms in total. The van der Waals surface area contributed by atoms with Crippen LogP contribution in [0.5, 0.6) is 0 Å². The van der Waals surface area contributed by atoms with Gasteiger partial charge in [-0.05, 0) is 60.3 Å². The smallest absolute Gasteiger partial charge is 0.0147 e. The summed E-state index contributed by atoms with van der Waals surface area (Å²) in [6.07, 6.45) is 6.61. The molecule has 0 aliphatic heterocycles. The molecule has 0 rings (SSSR count). The summed E-state index contributed by atoms with van der Waals surface area (Å²) < 4.78 is 0. The summed E-state index contributed by atoms with van der Waals surface area (Å²) >= 11 is 0. The summed E-state index contributed by atoms with van der Waals surface area (Å²) in [7, 11) is 4.27. The maximum atomic E-state index is 3.19. The van der Waals surface area contributed by atoms with Gasteiger partial charge in [-0.2, -0.15) is 0 Å². The third kappa shape index (κ3) is 6.91. The summed E-state index contributed by atoms with van der Waals surface area (Å²) in [5.74, 6) is 0. The molecule has 0 fully saturated rings. The first-order chi connectivity index (χ1) is 7.04. The van der Waals surface area contributed by atoms with Gasteiger partial charge >= 0.3 is 0 Å². The van der Waals surface area contributed by atoms with Crippen LogP contribution in [0.3, 0.4) is 0 Å². The third-order valence-corrected chi connectivity index (χ3v) is 3.57. The standard InChI is InChI=1S/C13H30N2/c1-6-13(2,3)15(5)12-10-8-7-9-11-14-4/h14H,6-12H2,1-5H3. The minimum absolute atomic E-state index is 0.366. The average Bonchev–Trinajstić information content (AvgIpc) is 2.22. The molecule has 0 saturated heterocycles. The van der Waals surface area contributed by atoms with Crippen LogP contribution in [0.2, 0.25) is 0 Å². The Labute approximate surface area is 96.4 Å². The number of unbranched alkanes of at least 4 members (excludes halogenated alkanes) is 3. The van der Waals surface area contributed by atoms with Crippen molar-refractivity contribution in [3.05, 3.63) is 0 Å². The zero-order chi connectivity index (χ0) is 11.7. The summed E-state index contributed by atoms with van der Waals surface area (Å²) in [6, 6.07) is 0. The van der Waals surface area contributed by atoms with E-state index in [1.54, 1.807) is 0 Å². The van der Waals surface area contributed by atoms with E-state index in [1.807, 2.05) is 7.05 Å². The van der Waals surface area contributed by atoms with Crippen molar-refractivity contribution in [3.63, 3.8) is 0 Å². The quantitative estimate of drug-likeness (QED) is 0.594. The molecule has 15 heavy (non-hydrogen) atoms. The summed E-state index contributed by atoms with van der Waals surface area (Å²) in [5.41, 5.74) is 0.366. The molecule has 2 heteroatoms. The second kappa shape index (κ2) is 8.12. The van der Waals surface area contributed by atoms with E-state index in [-0.39, 0.29) is 0 Å². The minimum Gasteiger partial charge on any atom is -0.320 e. The lowest BCUT2D eigenvalue weighted by molar-refractivity contribution is 0.148. The zero-order valence-electron chi connectivity index (χ0n) is 11.4. The van der Waals surface area contributed by atoms with Gasteiger partial charge in [-0.1, -0.05) is 19.8 Å². The Kier molecular flexibility index (Phi) is 8.07. The van der Waals surface area contributed by atoms with E-state index < -0.39 is 0 Å². The van der Waals surface area contributed by atoms with Gasteiger partial charge in [-0.25, -0.2) is 0 Å². The molecule has 0 aliphatic rings. The molecule has 92 valence electrons. The maximum Gasteiger partial charge on any atom is 0.0147 e. The first kappa shape index (κ1) is 14.9. The highest BCUT2D eigenvalue weighted by Crippen LogP contribution is 2.16. The van der Waals surface area contributed by atoms with Crippen molar-refractivity contribution in [3.8, 4) is 0 Å². The predicted octanol–water partition coefficient (Wildman–Crippen LogP) is 2.89. The van der Waals surface area contributed by atoms with Crippen LogP contribution in [0.1, 0.15) is 52.9 Å². The van der Waals surface area contributed by atoms with Gasteiger partial charge in [-0.3, -0.25) is 0 Å². The van der Waals surface area contributed by atoms with Gasteiger partial charge in [0.25, 0.3) is 0 Å². The molecule has 0 aliphatic carbocycles. The van der Waals surface area contributed by atoms with E-state index in [0.717, 1.165) is 6.54 Å². The lowest BCUT2D eigenvalue weighted by Crippen LogP contribution is -2.40. The number of hydrogen-bond acceptors (Lipinski definition) is 2. The van der Waals surface area contributed by atoms with E-state index >= 15 is 0 Å². The Hall–Kier alpha value is -0.0800. The molecule has 0 unspecified atom stereocenters. The van der Waals surface area contributed by atoms with Crippen LogP contribution in [-0.2, 0) is 0 Å². The molecule has 0 radical (unpaired) electrons. The first-order valence-corrected chi connectivity index (χ1v) is 6.40. The van der Waals surface area contributed by atoms with Crippen LogP contribution in [0.15, 0.2) is 0 Å². The largest absolute Gasteiger partial charge is 0.320 e. The molecule has 0 saturated carbocycles. The third-order valence-electron chi connectivity index (χ3n) is 3.57. The summed E-state index contributed by atoms with van der Waals surface area (Å²) in [4.78, 5) is 2.49. The number of rotatable bonds is 9. The van der Waals surface area contributed by atoms with E-state index in [9.17, 15) is 0 Å². The minimum atomic E-state index is 0.366. The normalized spacial score (nSPS) is 12.4. The van der Waals surface area contributed by atoms with E-state index in [1.165, 1.54) is 38.6 Å². The van der Waals surface area contributed by atoms with Crippen molar-refractivity contribution in [2.24, 2.45) is 0 Å².